The van der Waals surface area contributed by atoms with Gasteiger partial charge >= 0.3 is 0 Å². The van der Waals surface area contributed by atoms with Crippen LogP contribution in [-0.2, 0) is 4.79 Å². The van der Waals surface area contributed by atoms with E-state index in [1.54, 1.807) is 0 Å². The second kappa shape index (κ2) is 3.74. The van der Waals surface area contributed by atoms with E-state index in [1.807, 2.05) is 0 Å². The number of carbonyl (C=O) groups is 1. The maximum atomic E-state index is 10.2. The third-order valence-electron chi connectivity index (χ3n) is 2.48. The number of hydrogen-bond acceptors (Lipinski definition) is 1. The zero-order valence-corrected chi connectivity index (χ0v) is 7.34. The molecule has 2 atom stereocenters. The lowest BCUT2D eigenvalue weighted by Crippen LogP contribution is -2.35. The fourth-order valence-electron chi connectivity index (χ4n) is 2.18. The van der Waals surface area contributed by atoms with Crippen molar-refractivity contribution in [2.75, 3.05) is 0 Å². The monoisotopic (exact) mass is 155 g/mol. The predicted octanol–water partition coefficient (Wildman–Crippen LogP) is 1.56. The van der Waals surface area contributed by atoms with Gasteiger partial charge in [-0.1, -0.05) is 13.8 Å². The molecule has 1 N–H and O–H groups in total. The van der Waals surface area contributed by atoms with Gasteiger partial charge in [0, 0.05) is 6.04 Å². The van der Waals surface area contributed by atoms with Gasteiger partial charge in [0.15, 0.2) is 0 Å². The number of hydrogen-bond donors (Lipinski definition) is 1. The highest BCUT2D eigenvalue weighted by Gasteiger charge is 2.22. The molecule has 2 heteroatoms. The molecule has 1 aliphatic rings. The lowest BCUT2D eigenvalue weighted by Gasteiger charge is -2.30. The van der Waals surface area contributed by atoms with Crippen LogP contribution in [0.3, 0.4) is 0 Å². The molecule has 64 valence electrons. The van der Waals surface area contributed by atoms with Crippen LogP contribution in [-0.4, -0.2) is 12.5 Å². The van der Waals surface area contributed by atoms with Crippen molar-refractivity contribution in [1.82, 2.24) is 5.32 Å². The first-order valence-corrected chi connectivity index (χ1v) is 4.42. The minimum Gasteiger partial charge on any atom is -0.356 e. The van der Waals surface area contributed by atoms with E-state index in [1.165, 1.54) is 6.42 Å². The zero-order chi connectivity index (χ0) is 8.27. The number of carbonyl (C=O) groups excluding carboxylic acids is 1. The molecule has 0 aromatic carbocycles. The van der Waals surface area contributed by atoms with Gasteiger partial charge in [0.1, 0.15) is 0 Å². The fourth-order valence-corrected chi connectivity index (χ4v) is 2.18. The average molecular weight is 155 g/mol. The second-order valence-corrected chi connectivity index (χ2v) is 3.90. The van der Waals surface area contributed by atoms with Crippen LogP contribution in [0.15, 0.2) is 0 Å². The van der Waals surface area contributed by atoms with Crippen molar-refractivity contribution in [3.8, 4) is 0 Å². The average Bonchev–Trinajstić information content (AvgIpc) is 1.85. The molecule has 0 heterocycles. The molecule has 0 aromatic rings. The molecule has 2 unspecified atom stereocenters. The summed E-state index contributed by atoms with van der Waals surface area (Å²) in [5.74, 6) is 1.55. The molecule has 11 heavy (non-hydrogen) atoms. The summed E-state index contributed by atoms with van der Waals surface area (Å²) >= 11 is 0. The standard InChI is InChI=1S/C9H17NO/c1-7-3-8(2)5-9(4-7)10-6-11/h6-9H,3-5H2,1-2H3,(H,10,11). The van der Waals surface area contributed by atoms with Crippen LogP contribution in [0.1, 0.15) is 33.1 Å². The molecule has 0 aliphatic heterocycles. The van der Waals surface area contributed by atoms with Crippen molar-refractivity contribution in [2.45, 2.75) is 39.2 Å². The maximum absolute atomic E-state index is 10.2. The topological polar surface area (TPSA) is 29.1 Å². The summed E-state index contributed by atoms with van der Waals surface area (Å²) in [4.78, 5) is 10.2. The van der Waals surface area contributed by atoms with E-state index in [9.17, 15) is 4.79 Å². The van der Waals surface area contributed by atoms with Gasteiger partial charge in [-0.3, -0.25) is 4.79 Å². The van der Waals surface area contributed by atoms with Gasteiger partial charge in [-0.2, -0.15) is 0 Å². The van der Waals surface area contributed by atoms with Crippen molar-refractivity contribution >= 4 is 6.41 Å². The predicted molar refractivity (Wildman–Crippen MR) is 45.2 cm³/mol. The summed E-state index contributed by atoms with van der Waals surface area (Å²) < 4.78 is 0. The molecule has 0 saturated heterocycles. The van der Waals surface area contributed by atoms with Crippen molar-refractivity contribution in [3.63, 3.8) is 0 Å². The highest BCUT2D eigenvalue weighted by atomic mass is 16.1. The first-order chi connectivity index (χ1) is 5.22. The van der Waals surface area contributed by atoms with Gasteiger partial charge in [-0.15, -0.1) is 0 Å². The minimum atomic E-state index is 0.436. The third kappa shape index (κ3) is 2.52. The van der Waals surface area contributed by atoms with Crippen LogP contribution in [0, 0.1) is 11.8 Å². The molecule has 0 bridgehead atoms. The summed E-state index contributed by atoms with van der Waals surface area (Å²) in [6.07, 6.45) is 4.46. The summed E-state index contributed by atoms with van der Waals surface area (Å²) in [6, 6.07) is 0.436. The molecule has 2 nitrogen and oxygen atoms in total. The highest BCUT2D eigenvalue weighted by Crippen LogP contribution is 2.27. The van der Waals surface area contributed by atoms with Crippen molar-refractivity contribution < 1.29 is 4.79 Å². The van der Waals surface area contributed by atoms with Gasteiger partial charge < -0.3 is 5.32 Å². The molecule has 1 saturated carbocycles. The van der Waals surface area contributed by atoms with Crippen molar-refractivity contribution in [1.29, 1.82) is 0 Å². The van der Waals surface area contributed by atoms with E-state index in [0.29, 0.717) is 6.04 Å². The molecular formula is C9H17NO. The quantitative estimate of drug-likeness (QED) is 0.602. The Balaban J connectivity index is 2.36. The molecule has 0 spiro atoms. The van der Waals surface area contributed by atoms with E-state index >= 15 is 0 Å². The lowest BCUT2D eigenvalue weighted by atomic mass is 9.80. The van der Waals surface area contributed by atoms with Crippen LogP contribution in [0.2, 0.25) is 0 Å². The Labute approximate surface area is 68.4 Å². The molecule has 1 amide bonds. The number of rotatable bonds is 2. The second-order valence-electron chi connectivity index (χ2n) is 3.90. The first kappa shape index (κ1) is 8.57. The normalized spacial score (nSPS) is 38.2. The van der Waals surface area contributed by atoms with E-state index in [0.717, 1.165) is 31.1 Å². The fraction of sp³-hybridized carbons (Fsp3) is 0.889. The summed E-state index contributed by atoms with van der Waals surface area (Å²) in [5.41, 5.74) is 0. The van der Waals surface area contributed by atoms with Crippen LogP contribution < -0.4 is 5.32 Å². The first-order valence-electron chi connectivity index (χ1n) is 4.42. The minimum absolute atomic E-state index is 0.436. The smallest absolute Gasteiger partial charge is 0.207 e. The van der Waals surface area contributed by atoms with Crippen LogP contribution >= 0.6 is 0 Å². The molecule has 0 radical (unpaired) electrons. The third-order valence-corrected chi connectivity index (χ3v) is 2.48. The number of amides is 1. The number of nitrogens with one attached hydrogen (secondary N) is 1. The molecule has 1 fully saturated rings. The Hall–Kier alpha value is -0.530. The molecule has 1 rings (SSSR count). The summed E-state index contributed by atoms with van der Waals surface area (Å²) in [6.45, 7) is 4.52. The van der Waals surface area contributed by atoms with E-state index in [-0.39, 0.29) is 0 Å². The molecular weight excluding hydrogens is 138 g/mol. The van der Waals surface area contributed by atoms with Crippen molar-refractivity contribution in [2.24, 2.45) is 11.8 Å². The SMILES string of the molecule is CC1CC(C)CC(NC=O)C1. The Bertz CT molecular complexity index is 126. The lowest BCUT2D eigenvalue weighted by molar-refractivity contribution is -0.110. The van der Waals surface area contributed by atoms with E-state index < -0.39 is 0 Å². The van der Waals surface area contributed by atoms with Gasteiger partial charge in [0.2, 0.25) is 6.41 Å². The van der Waals surface area contributed by atoms with Crippen LogP contribution in [0.25, 0.3) is 0 Å². The molecule has 1 aliphatic carbocycles. The Morgan fingerprint density at radius 2 is 1.73 bits per heavy atom. The van der Waals surface area contributed by atoms with Crippen LogP contribution in [0.4, 0.5) is 0 Å². The van der Waals surface area contributed by atoms with Gasteiger partial charge in [0.05, 0.1) is 0 Å². The maximum Gasteiger partial charge on any atom is 0.207 e. The largest absolute Gasteiger partial charge is 0.356 e. The molecule has 0 aromatic heterocycles. The van der Waals surface area contributed by atoms with E-state index in [4.69, 9.17) is 0 Å². The van der Waals surface area contributed by atoms with Gasteiger partial charge in [-0.05, 0) is 31.1 Å². The Morgan fingerprint density at radius 1 is 1.18 bits per heavy atom. The van der Waals surface area contributed by atoms with Crippen molar-refractivity contribution in [3.05, 3.63) is 0 Å². The van der Waals surface area contributed by atoms with E-state index in [2.05, 4.69) is 19.2 Å². The Morgan fingerprint density at radius 3 is 2.18 bits per heavy atom. The van der Waals surface area contributed by atoms with Crippen LogP contribution in [0.5, 0.6) is 0 Å². The van der Waals surface area contributed by atoms with Gasteiger partial charge in [-0.25, -0.2) is 0 Å². The summed E-state index contributed by atoms with van der Waals surface area (Å²) in [5, 5.41) is 2.86. The zero-order valence-electron chi connectivity index (χ0n) is 7.34. The summed E-state index contributed by atoms with van der Waals surface area (Å²) in [7, 11) is 0. The Kier molecular flexibility index (Phi) is 2.92. The van der Waals surface area contributed by atoms with Gasteiger partial charge in [0.25, 0.3) is 0 Å². The highest BCUT2D eigenvalue weighted by molar-refractivity contribution is 5.46.